The standard InChI is InChI=1S/C32H46N4O5S/c1-19(2)25-16-26(20(3)4)29(27(17-25)21(5)6)42(39,40)35-28(15-22-10-8-11-23(14-22)30(33)34)31(37)36-13-9-12-24(18-36)32(38)41-7/h8,10-11,14,16-17,19-21,24,28,35H,9,12-13,15,18H2,1-7H3,(H3,33,34)/t24?,28-/m0/s1. The van der Waals surface area contributed by atoms with Crippen molar-refractivity contribution in [2.24, 2.45) is 11.7 Å². The number of ether oxygens (including phenoxy) is 1. The third-order valence-electron chi connectivity index (χ3n) is 7.89. The molecule has 1 heterocycles. The summed E-state index contributed by atoms with van der Waals surface area (Å²) in [6.07, 6.45) is 1.26. The van der Waals surface area contributed by atoms with Crippen LogP contribution in [0.15, 0.2) is 41.3 Å². The van der Waals surface area contributed by atoms with Gasteiger partial charge in [0, 0.05) is 18.7 Å². The fourth-order valence-electron chi connectivity index (χ4n) is 5.48. The normalized spacial score (nSPS) is 16.6. The number of rotatable bonds is 11. The molecule has 42 heavy (non-hydrogen) atoms. The first kappa shape index (κ1) is 33.3. The number of amidine groups is 1. The first-order valence-electron chi connectivity index (χ1n) is 14.7. The zero-order valence-corrected chi connectivity index (χ0v) is 26.7. The number of nitrogens with zero attached hydrogens (tertiary/aromatic N) is 1. The molecule has 0 saturated carbocycles. The molecule has 1 fully saturated rings. The van der Waals surface area contributed by atoms with Gasteiger partial charge in [0.1, 0.15) is 11.9 Å². The van der Waals surface area contributed by atoms with Gasteiger partial charge in [-0.25, -0.2) is 8.42 Å². The van der Waals surface area contributed by atoms with E-state index in [4.69, 9.17) is 15.9 Å². The van der Waals surface area contributed by atoms with Crippen LogP contribution in [0.25, 0.3) is 0 Å². The lowest BCUT2D eigenvalue weighted by atomic mass is 9.89. The molecule has 2 atom stereocenters. The van der Waals surface area contributed by atoms with Gasteiger partial charge < -0.3 is 15.4 Å². The maximum atomic E-state index is 14.3. The van der Waals surface area contributed by atoms with Gasteiger partial charge in [-0.2, -0.15) is 4.72 Å². The Morgan fingerprint density at radius 1 is 1.05 bits per heavy atom. The summed E-state index contributed by atoms with van der Waals surface area (Å²) in [6.45, 7) is 12.6. The zero-order chi connectivity index (χ0) is 31.4. The molecule has 0 aliphatic carbocycles. The number of hydrogen-bond donors (Lipinski definition) is 3. The van der Waals surface area contributed by atoms with Crippen LogP contribution in [0.5, 0.6) is 0 Å². The van der Waals surface area contributed by atoms with Crippen LogP contribution in [0.1, 0.15) is 100.0 Å². The minimum absolute atomic E-state index is 0.0523. The van der Waals surface area contributed by atoms with E-state index < -0.39 is 27.9 Å². The Morgan fingerprint density at radius 3 is 2.19 bits per heavy atom. The second-order valence-corrected chi connectivity index (χ2v) is 13.8. The number of esters is 1. The smallest absolute Gasteiger partial charge is 0.310 e. The molecule has 1 unspecified atom stereocenters. The summed E-state index contributed by atoms with van der Waals surface area (Å²) in [5.41, 5.74) is 9.34. The molecular formula is C32H46N4O5S. The predicted octanol–water partition coefficient (Wildman–Crippen LogP) is 4.64. The summed E-state index contributed by atoms with van der Waals surface area (Å²) in [5.74, 6) is -1.30. The molecule has 230 valence electrons. The molecular weight excluding hydrogens is 552 g/mol. The van der Waals surface area contributed by atoms with Gasteiger partial charge >= 0.3 is 5.97 Å². The minimum atomic E-state index is -4.17. The van der Waals surface area contributed by atoms with Crippen LogP contribution in [0.4, 0.5) is 0 Å². The summed E-state index contributed by atoms with van der Waals surface area (Å²) >= 11 is 0. The molecule has 1 aliphatic rings. The Morgan fingerprint density at radius 2 is 1.67 bits per heavy atom. The summed E-state index contributed by atoms with van der Waals surface area (Å²) in [4.78, 5) is 28.1. The molecule has 3 rings (SSSR count). The largest absolute Gasteiger partial charge is 0.469 e. The third kappa shape index (κ3) is 7.77. The van der Waals surface area contributed by atoms with Crippen molar-refractivity contribution in [3.63, 3.8) is 0 Å². The molecule has 4 N–H and O–H groups in total. The lowest BCUT2D eigenvalue weighted by Gasteiger charge is -2.34. The first-order chi connectivity index (χ1) is 19.7. The molecule has 1 saturated heterocycles. The number of carbonyl (C=O) groups excluding carboxylic acids is 2. The average Bonchev–Trinajstić information content (AvgIpc) is 2.95. The Balaban J connectivity index is 2.10. The quantitative estimate of drug-likeness (QED) is 0.195. The fourth-order valence-corrected chi connectivity index (χ4v) is 7.37. The van der Waals surface area contributed by atoms with E-state index in [1.54, 1.807) is 29.2 Å². The van der Waals surface area contributed by atoms with E-state index in [9.17, 15) is 18.0 Å². The number of carbonyl (C=O) groups is 2. The topological polar surface area (TPSA) is 143 Å². The maximum Gasteiger partial charge on any atom is 0.310 e. The number of sulfonamides is 1. The highest BCUT2D eigenvalue weighted by Gasteiger charge is 2.36. The van der Waals surface area contributed by atoms with Gasteiger partial charge in [-0.05, 0) is 65.3 Å². The molecule has 2 aromatic carbocycles. The van der Waals surface area contributed by atoms with Gasteiger partial charge in [-0.3, -0.25) is 15.0 Å². The number of benzene rings is 2. The number of nitrogens with two attached hydrogens (primary N) is 1. The van der Waals surface area contributed by atoms with Crippen LogP contribution in [-0.2, 0) is 30.8 Å². The summed E-state index contributed by atoms with van der Waals surface area (Å²) in [6, 6.07) is 9.70. The van der Waals surface area contributed by atoms with E-state index in [1.165, 1.54) is 7.11 Å². The highest BCUT2D eigenvalue weighted by Crippen LogP contribution is 2.35. The van der Waals surface area contributed by atoms with Crippen LogP contribution < -0.4 is 10.5 Å². The van der Waals surface area contributed by atoms with E-state index in [2.05, 4.69) is 18.6 Å². The van der Waals surface area contributed by atoms with Crippen molar-refractivity contribution in [1.82, 2.24) is 9.62 Å². The predicted molar refractivity (Wildman–Crippen MR) is 165 cm³/mol. The first-order valence-corrected chi connectivity index (χ1v) is 16.1. The van der Waals surface area contributed by atoms with Crippen molar-refractivity contribution in [2.75, 3.05) is 20.2 Å². The number of nitrogens with one attached hydrogen (secondary N) is 2. The average molecular weight is 599 g/mol. The number of amides is 1. The SMILES string of the molecule is COC(=O)C1CCCN(C(=O)[C@H](Cc2cccc(C(=N)N)c2)NS(=O)(=O)c2c(C(C)C)cc(C(C)C)cc2C(C)C)C1. The highest BCUT2D eigenvalue weighted by molar-refractivity contribution is 7.89. The Bertz CT molecular complexity index is 1390. The Hall–Kier alpha value is -3.24. The molecule has 1 aliphatic heterocycles. The fraction of sp³-hybridized carbons (Fsp3) is 0.531. The van der Waals surface area contributed by atoms with Gasteiger partial charge in [0.15, 0.2) is 0 Å². The van der Waals surface area contributed by atoms with Crippen molar-refractivity contribution in [3.05, 3.63) is 64.2 Å². The number of likely N-dealkylation sites (tertiary alicyclic amines) is 1. The molecule has 0 bridgehead atoms. The van der Waals surface area contributed by atoms with Crippen molar-refractivity contribution < 1.29 is 22.7 Å². The highest BCUT2D eigenvalue weighted by atomic mass is 32.2. The van der Waals surface area contributed by atoms with Crippen molar-refractivity contribution >= 4 is 27.7 Å². The molecule has 2 aromatic rings. The summed E-state index contributed by atoms with van der Waals surface area (Å²) in [7, 11) is -2.85. The zero-order valence-electron chi connectivity index (χ0n) is 25.9. The Labute approximate surface area is 250 Å². The second-order valence-electron chi connectivity index (χ2n) is 12.1. The second kappa shape index (κ2) is 13.8. The van der Waals surface area contributed by atoms with Gasteiger partial charge in [0.25, 0.3) is 0 Å². The van der Waals surface area contributed by atoms with Crippen LogP contribution in [0.3, 0.4) is 0 Å². The van der Waals surface area contributed by atoms with Crippen LogP contribution in [-0.4, -0.2) is 57.3 Å². The number of hydrogen-bond acceptors (Lipinski definition) is 6. The molecule has 0 spiro atoms. The molecule has 1 amide bonds. The van der Waals surface area contributed by atoms with Crippen molar-refractivity contribution in [1.29, 1.82) is 5.41 Å². The van der Waals surface area contributed by atoms with E-state index in [0.717, 1.165) is 5.56 Å². The van der Waals surface area contributed by atoms with Gasteiger partial charge in [-0.1, -0.05) is 71.9 Å². The van der Waals surface area contributed by atoms with Crippen LogP contribution in [0, 0.1) is 11.3 Å². The van der Waals surface area contributed by atoms with E-state index in [1.807, 2.05) is 39.8 Å². The van der Waals surface area contributed by atoms with Crippen LogP contribution in [0.2, 0.25) is 0 Å². The van der Waals surface area contributed by atoms with E-state index in [0.29, 0.717) is 41.6 Å². The van der Waals surface area contributed by atoms with Crippen molar-refractivity contribution in [2.45, 2.75) is 89.5 Å². The number of nitrogen functional groups attached to an aromatic ring is 1. The summed E-state index contributed by atoms with van der Waals surface area (Å²) < 4.78 is 36.4. The number of methoxy groups -OCH3 is 1. The van der Waals surface area contributed by atoms with Crippen molar-refractivity contribution in [3.8, 4) is 0 Å². The third-order valence-corrected chi connectivity index (χ3v) is 9.49. The lowest BCUT2D eigenvalue weighted by Crippen LogP contribution is -2.53. The summed E-state index contributed by atoms with van der Waals surface area (Å²) in [5, 5.41) is 7.82. The molecule has 0 aromatic heterocycles. The van der Waals surface area contributed by atoms with Gasteiger partial charge in [-0.15, -0.1) is 0 Å². The minimum Gasteiger partial charge on any atom is -0.469 e. The Kier molecular flexibility index (Phi) is 10.9. The van der Waals surface area contributed by atoms with E-state index >= 15 is 0 Å². The monoisotopic (exact) mass is 598 g/mol. The van der Waals surface area contributed by atoms with Crippen LogP contribution >= 0.6 is 0 Å². The molecule has 0 radical (unpaired) electrons. The van der Waals surface area contributed by atoms with Gasteiger partial charge in [0.2, 0.25) is 15.9 Å². The lowest BCUT2D eigenvalue weighted by molar-refractivity contribution is -0.149. The maximum absolute atomic E-state index is 14.3. The molecule has 9 nitrogen and oxygen atoms in total. The molecule has 10 heteroatoms. The number of piperidine rings is 1. The van der Waals surface area contributed by atoms with E-state index in [-0.39, 0.29) is 47.4 Å². The van der Waals surface area contributed by atoms with Gasteiger partial charge in [0.05, 0.1) is 17.9 Å².